The van der Waals surface area contributed by atoms with Gasteiger partial charge in [-0.15, -0.1) is 5.10 Å². The zero-order valence-electron chi connectivity index (χ0n) is 15.6. The summed E-state index contributed by atoms with van der Waals surface area (Å²) in [7, 11) is 0. The molecule has 1 saturated heterocycles. The number of anilines is 1. The van der Waals surface area contributed by atoms with E-state index in [1.54, 1.807) is 27.8 Å². The Balaban J connectivity index is 1.25. The summed E-state index contributed by atoms with van der Waals surface area (Å²) in [6, 6.07) is 5.21. The molecule has 0 amide bonds. The van der Waals surface area contributed by atoms with E-state index in [0.29, 0.717) is 24.2 Å². The summed E-state index contributed by atoms with van der Waals surface area (Å²) < 4.78 is 3.11. The third-order valence-electron chi connectivity index (χ3n) is 5.48. The van der Waals surface area contributed by atoms with Crippen LogP contribution in [0.15, 0.2) is 41.8 Å². The van der Waals surface area contributed by atoms with Crippen molar-refractivity contribution in [2.45, 2.75) is 38.1 Å². The largest absolute Gasteiger partial charge is 0.356 e. The highest BCUT2D eigenvalue weighted by molar-refractivity contribution is 5.38. The van der Waals surface area contributed by atoms with Gasteiger partial charge in [0, 0.05) is 37.8 Å². The Kier molecular flexibility index (Phi) is 4.34. The van der Waals surface area contributed by atoms with Gasteiger partial charge >= 0.3 is 0 Å². The first kappa shape index (κ1) is 17.0. The molecular formula is C19H22N8O. The maximum Gasteiger partial charge on any atom is 0.266 e. The van der Waals surface area contributed by atoms with Gasteiger partial charge < -0.3 is 4.90 Å². The van der Waals surface area contributed by atoms with Gasteiger partial charge in [-0.25, -0.2) is 24.3 Å². The van der Waals surface area contributed by atoms with Crippen LogP contribution >= 0.6 is 0 Å². The first-order chi connectivity index (χ1) is 13.8. The van der Waals surface area contributed by atoms with Gasteiger partial charge in [0.1, 0.15) is 24.3 Å². The van der Waals surface area contributed by atoms with Crippen molar-refractivity contribution in [3.05, 3.63) is 53.2 Å². The molecule has 0 radical (unpaired) electrons. The highest BCUT2D eigenvalue weighted by Crippen LogP contribution is 2.38. The van der Waals surface area contributed by atoms with Crippen molar-refractivity contribution in [2.24, 2.45) is 5.92 Å². The fraction of sp³-hybridized carbons (Fsp3) is 0.474. The van der Waals surface area contributed by atoms with Crippen LogP contribution in [-0.2, 0) is 6.54 Å². The minimum atomic E-state index is -0.0869. The van der Waals surface area contributed by atoms with Crippen LogP contribution in [0.3, 0.4) is 0 Å². The summed E-state index contributed by atoms with van der Waals surface area (Å²) in [5.41, 5.74) is -0.0869. The number of hydrogen-bond donors (Lipinski definition) is 0. The van der Waals surface area contributed by atoms with E-state index < -0.39 is 0 Å². The monoisotopic (exact) mass is 378 g/mol. The van der Waals surface area contributed by atoms with Crippen molar-refractivity contribution in [3.63, 3.8) is 0 Å². The summed E-state index contributed by atoms with van der Waals surface area (Å²) in [4.78, 5) is 27.7. The van der Waals surface area contributed by atoms with Crippen LogP contribution in [0, 0.1) is 5.92 Å². The van der Waals surface area contributed by atoms with E-state index >= 15 is 0 Å². The molecule has 0 aromatic carbocycles. The van der Waals surface area contributed by atoms with Crippen molar-refractivity contribution in [1.29, 1.82) is 0 Å². The second-order valence-corrected chi connectivity index (χ2v) is 7.53. The average molecular weight is 378 g/mol. The molecular weight excluding hydrogens is 356 g/mol. The molecule has 2 aliphatic rings. The standard InChI is InChI=1S/C19H22N8O/c28-18-4-3-17(27-13-20-12-22-27)24-26(18)11-14-6-9-25(10-7-14)16-5-8-21-19(23-16)15-1-2-15/h3-5,8,12-15H,1-2,6-7,9-11H2. The summed E-state index contributed by atoms with van der Waals surface area (Å²) >= 11 is 0. The predicted molar refractivity (Wildman–Crippen MR) is 102 cm³/mol. The van der Waals surface area contributed by atoms with Crippen molar-refractivity contribution < 1.29 is 0 Å². The van der Waals surface area contributed by atoms with Gasteiger partial charge in [-0.2, -0.15) is 5.10 Å². The maximum absolute atomic E-state index is 12.2. The predicted octanol–water partition coefficient (Wildman–Crippen LogP) is 1.41. The van der Waals surface area contributed by atoms with Gasteiger partial charge in [0.25, 0.3) is 5.56 Å². The third kappa shape index (κ3) is 3.51. The number of nitrogens with zero attached hydrogens (tertiary/aromatic N) is 8. The van der Waals surface area contributed by atoms with E-state index in [4.69, 9.17) is 4.98 Å². The van der Waals surface area contributed by atoms with Crippen molar-refractivity contribution >= 4 is 5.82 Å². The summed E-state index contributed by atoms with van der Waals surface area (Å²) in [6.07, 6.45) is 9.33. The van der Waals surface area contributed by atoms with Crippen LogP contribution in [-0.4, -0.2) is 47.6 Å². The molecule has 0 spiro atoms. The van der Waals surface area contributed by atoms with Crippen LogP contribution in [0.1, 0.15) is 37.4 Å². The van der Waals surface area contributed by atoms with Crippen LogP contribution < -0.4 is 10.5 Å². The number of hydrogen-bond acceptors (Lipinski definition) is 7. The minimum absolute atomic E-state index is 0.0869. The van der Waals surface area contributed by atoms with Crippen LogP contribution in [0.25, 0.3) is 5.82 Å². The third-order valence-corrected chi connectivity index (χ3v) is 5.48. The quantitative estimate of drug-likeness (QED) is 0.662. The smallest absolute Gasteiger partial charge is 0.266 e. The molecule has 1 aliphatic heterocycles. The van der Waals surface area contributed by atoms with Crippen molar-refractivity contribution in [3.8, 4) is 5.82 Å². The van der Waals surface area contributed by atoms with Crippen molar-refractivity contribution in [1.82, 2.24) is 34.5 Å². The Bertz CT molecular complexity index is 1000. The molecule has 0 N–H and O–H groups in total. The van der Waals surface area contributed by atoms with Crippen LogP contribution in [0.5, 0.6) is 0 Å². The lowest BCUT2D eigenvalue weighted by atomic mass is 9.97. The van der Waals surface area contributed by atoms with Gasteiger partial charge in [0.2, 0.25) is 0 Å². The highest BCUT2D eigenvalue weighted by Gasteiger charge is 2.28. The number of aromatic nitrogens is 7. The summed E-state index contributed by atoms with van der Waals surface area (Å²) in [5.74, 6) is 3.59. The molecule has 4 heterocycles. The second-order valence-electron chi connectivity index (χ2n) is 7.53. The van der Waals surface area contributed by atoms with E-state index in [0.717, 1.165) is 37.6 Å². The Hall–Kier alpha value is -3.10. The van der Waals surface area contributed by atoms with E-state index in [-0.39, 0.29) is 5.56 Å². The molecule has 9 nitrogen and oxygen atoms in total. The van der Waals surface area contributed by atoms with Crippen molar-refractivity contribution in [2.75, 3.05) is 18.0 Å². The minimum Gasteiger partial charge on any atom is -0.356 e. The van der Waals surface area contributed by atoms with E-state index in [9.17, 15) is 4.79 Å². The Labute approximate surface area is 162 Å². The molecule has 5 rings (SSSR count). The molecule has 0 atom stereocenters. The van der Waals surface area contributed by atoms with Gasteiger partial charge in [0.05, 0.1) is 0 Å². The van der Waals surface area contributed by atoms with Gasteiger partial charge in [-0.3, -0.25) is 4.79 Å². The van der Waals surface area contributed by atoms with Gasteiger partial charge in [-0.1, -0.05) is 0 Å². The van der Waals surface area contributed by atoms with Gasteiger partial charge in [-0.05, 0) is 43.7 Å². The lowest BCUT2D eigenvalue weighted by Crippen LogP contribution is -2.37. The molecule has 3 aromatic heterocycles. The fourth-order valence-corrected chi connectivity index (χ4v) is 3.69. The lowest BCUT2D eigenvalue weighted by Gasteiger charge is -2.32. The van der Waals surface area contributed by atoms with E-state index in [1.165, 1.54) is 19.2 Å². The SMILES string of the molecule is O=c1ccc(-n2cncn2)nn1CC1CCN(c2ccnc(C3CC3)n2)CC1. The summed E-state index contributed by atoms with van der Waals surface area (Å²) in [6.45, 7) is 2.49. The molecule has 144 valence electrons. The molecule has 2 fully saturated rings. The first-order valence-corrected chi connectivity index (χ1v) is 9.77. The molecule has 9 heteroatoms. The Morgan fingerprint density at radius 2 is 1.89 bits per heavy atom. The zero-order chi connectivity index (χ0) is 18.9. The molecule has 1 aliphatic carbocycles. The van der Waals surface area contributed by atoms with Crippen LogP contribution in [0.2, 0.25) is 0 Å². The molecule has 0 unspecified atom stereocenters. The molecule has 28 heavy (non-hydrogen) atoms. The maximum atomic E-state index is 12.2. The number of rotatable bonds is 5. The zero-order valence-corrected chi connectivity index (χ0v) is 15.6. The highest BCUT2D eigenvalue weighted by atomic mass is 16.1. The Morgan fingerprint density at radius 1 is 1.04 bits per heavy atom. The second kappa shape index (κ2) is 7.14. The normalized spacial score (nSPS) is 17.8. The van der Waals surface area contributed by atoms with E-state index in [2.05, 4.69) is 25.1 Å². The van der Waals surface area contributed by atoms with E-state index in [1.807, 2.05) is 12.3 Å². The van der Waals surface area contributed by atoms with Gasteiger partial charge in [0.15, 0.2) is 5.82 Å². The average Bonchev–Trinajstić information content (AvgIpc) is 3.45. The fourth-order valence-electron chi connectivity index (χ4n) is 3.69. The molecule has 0 bridgehead atoms. The number of piperidine rings is 1. The van der Waals surface area contributed by atoms with Crippen LogP contribution in [0.4, 0.5) is 5.82 Å². The summed E-state index contributed by atoms with van der Waals surface area (Å²) in [5, 5.41) is 8.53. The molecule has 3 aromatic rings. The Morgan fingerprint density at radius 3 is 2.64 bits per heavy atom. The topological polar surface area (TPSA) is 94.6 Å². The first-order valence-electron chi connectivity index (χ1n) is 9.77. The lowest BCUT2D eigenvalue weighted by molar-refractivity contribution is 0.333. The molecule has 1 saturated carbocycles.